The van der Waals surface area contributed by atoms with Crippen LogP contribution in [-0.2, 0) is 4.79 Å². The first-order valence-electron chi connectivity index (χ1n) is 9.95. The van der Waals surface area contributed by atoms with Crippen LogP contribution in [0.2, 0.25) is 0 Å². The fraction of sp³-hybridized carbons (Fsp3) is 0.0833. The number of pyridine rings is 1. The largest absolute Gasteiger partial charge is 0.457 e. The molecule has 1 aromatic heterocycles. The lowest BCUT2D eigenvalue weighted by molar-refractivity contribution is -0.118. The zero-order valence-electron chi connectivity index (χ0n) is 18.1. The zero-order chi connectivity index (χ0) is 23.8. The second-order valence-electron chi connectivity index (χ2n) is 7.14. The lowest BCUT2D eigenvalue weighted by Gasteiger charge is -2.10. The number of hydrogen-bond donors (Lipinski definition) is 4. The number of nitrogens with zero attached hydrogens (tertiary/aromatic N) is 1. The van der Waals surface area contributed by atoms with E-state index < -0.39 is 11.8 Å². The Kier molecular flexibility index (Phi) is 7.38. The molecule has 0 radical (unpaired) electrons. The Morgan fingerprint density at radius 2 is 1.61 bits per heavy atom. The van der Waals surface area contributed by atoms with Crippen molar-refractivity contribution in [1.82, 2.24) is 15.8 Å². The van der Waals surface area contributed by atoms with E-state index in [9.17, 15) is 14.4 Å². The van der Waals surface area contributed by atoms with Gasteiger partial charge in [-0.3, -0.25) is 25.4 Å². The Morgan fingerprint density at radius 1 is 0.879 bits per heavy atom. The summed E-state index contributed by atoms with van der Waals surface area (Å²) in [5.74, 6) is -0.238. The molecule has 0 spiro atoms. The molecule has 0 aliphatic rings. The first-order valence-corrected chi connectivity index (χ1v) is 9.95. The van der Waals surface area contributed by atoms with E-state index in [1.165, 1.54) is 19.2 Å². The average Bonchev–Trinajstić information content (AvgIpc) is 2.78. The number of hydrazine groups is 1. The molecule has 0 unspecified atom stereocenters. The van der Waals surface area contributed by atoms with E-state index in [-0.39, 0.29) is 17.3 Å². The highest BCUT2D eigenvalue weighted by Gasteiger charge is 2.11. The van der Waals surface area contributed by atoms with Crippen LogP contribution in [-0.4, -0.2) is 22.8 Å². The summed E-state index contributed by atoms with van der Waals surface area (Å²) in [5.41, 5.74) is 7.12. The van der Waals surface area contributed by atoms with Gasteiger partial charge in [0.05, 0.1) is 0 Å². The van der Waals surface area contributed by atoms with E-state index >= 15 is 0 Å². The molecule has 0 aliphatic carbocycles. The van der Waals surface area contributed by atoms with Crippen LogP contribution in [0.5, 0.6) is 11.5 Å². The van der Waals surface area contributed by atoms with Gasteiger partial charge in [0, 0.05) is 29.2 Å². The van der Waals surface area contributed by atoms with E-state index in [1.54, 1.807) is 36.4 Å². The molecule has 0 bridgehead atoms. The van der Waals surface area contributed by atoms with Gasteiger partial charge < -0.3 is 15.4 Å². The van der Waals surface area contributed by atoms with Gasteiger partial charge in [-0.1, -0.05) is 18.7 Å². The van der Waals surface area contributed by atoms with Crippen LogP contribution in [0, 0.1) is 6.92 Å². The number of carbonyl (C=O) groups is 3. The second-order valence-corrected chi connectivity index (χ2v) is 7.14. The maximum Gasteiger partial charge on any atom is 0.323 e. The number of hydrogen-bond acceptors (Lipinski definition) is 5. The molecule has 0 aliphatic heterocycles. The van der Waals surface area contributed by atoms with Crippen molar-refractivity contribution in [2.45, 2.75) is 13.8 Å². The van der Waals surface area contributed by atoms with Gasteiger partial charge in [0.2, 0.25) is 0 Å². The number of carbonyl (C=O) groups excluding carboxylic acids is 3. The quantitative estimate of drug-likeness (QED) is 0.335. The van der Waals surface area contributed by atoms with Gasteiger partial charge in [0.1, 0.15) is 17.2 Å². The van der Waals surface area contributed by atoms with Crippen molar-refractivity contribution in [2.75, 3.05) is 10.6 Å². The molecule has 4 amide bonds. The number of amides is 4. The van der Waals surface area contributed by atoms with Crippen LogP contribution in [0.15, 0.2) is 79.0 Å². The standard InChI is InChI=1S/C24H23N5O4/c1-15(2)22(30)28-29-23(31)21-14-20(11-12-25-21)33-19-9-7-17(8-10-19)26-24(32)27-18-6-4-5-16(3)13-18/h4-14H,1H2,2-3H3,(H,28,30)(H,29,31)(H2,26,27,32). The van der Waals surface area contributed by atoms with Gasteiger partial charge >= 0.3 is 6.03 Å². The minimum absolute atomic E-state index is 0.0561. The molecular weight excluding hydrogens is 422 g/mol. The molecule has 9 heteroatoms. The maximum absolute atomic E-state index is 12.2. The van der Waals surface area contributed by atoms with Crippen LogP contribution >= 0.6 is 0 Å². The molecule has 1 heterocycles. The number of benzene rings is 2. The Bertz CT molecular complexity index is 1190. The second kappa shape index (κ2) is 10.6. The smallest absolute Gasteiger partial charge is 0.323 e. The predicted molar refractivity (Wildman–Crippen MR) is 125 cm³/mol. The SMILES string of the molecule is C=C(C)C(=O)NNC(=O)c1cc(Oc2ccc(NC(=O)Nc3cccc(C)c3)cc2)ccn1. The summed E-state index contributed by atoms with van der Waals surface area (Å²) in [5, 5.41) is 5.52. The number of urea groups is 1. The van der Waals surface area contributed by atoms with Crippen molar-refractivity contribution in [3.05, 3.63) is 90.3 Å². The van der Waals surface area contributed by atoms with Crippen molar-refractivity contribution in [3.63, 3.8) is 0 Å². The Labute approximate surface area is 190 Å². The van der Waals surface area contributed by atoms with Gasteiger partial charge in [-0.15, -0.1) is 0 Å². The molecule has 9 nitrogen and oxygen atoms in total. The molecule has 0 saturated heterocycles. The highest BCUT2D eigenvalue weighted by Crippen LogP contribution is 2.23. The van der Waals surface area contributed by atoms with Crippen LogP contribution in [0.3, 0.4) is 0 Å². The van der Waals surface area contributed by atoms with Gasteiger partial charge in [-0.2, -0.15) is 0 Å². The van der Waals surface area contributed by atoms with E-state index in [0.29, 0.717) is 22.9 Å². The number of aromatic nitrogens is 1. The summed E-state index contributed by atoms with van der Waals surface area (Å²) >= 11 is 0. The van der Waals surface area contributed by atoms with Crippen molar-refractivity contribution in [2.24, 2.45) is 0 Å². The number of nitrogens with one attached hydrogen (secondary N) is 4. The first-order chi connectivity index (χ1) is 15.8. The van der Waals surface area contributed by atoms with Crippen molar-refractivity contribution < 1.29 is 19.1 Å². The fourth-order valence-corrected chi connectivity index (χ4v) is 2.64. The third kappa shape index (κ3) is 6.93. The normalized spacial score (nSPS) is 10.0. The molecule has 0 fully saturated rings. The van der Waals surface area contributed by atoms with Gasteiger partial charge in [-0.25, -0.2) is 4.79 Å². The van der Waals surface area contributed by atoms with Crippen molar-refractivity contribution >= 4 is 29.2 Å². The lowest BCUT2D eigenvalue weighted by atomic mass is 10.2. The Morgan fingerprint density at radius 3 is 2.30 bits per heavy atom. The molecule has 3 aromatic rings. The first kappa shape index (κ1) is 23.0. The molecule has 2 aromatic carbocycles. The van der Waals surface area contributed by atoms with Gasteiger partial charge in [-0.05, 0) is 61.9 Å². The number of aryl methyl sites for hydroxylation is 1. The van der Waals surface area contributed by atoms with E-state index in [1.807, 2.05) is 25.1 Å². The average molecular weight is 445 g/mol. The molecular formula is C24H23N5O4. The number of anilines is 2. The van der Waals surface area contributed by atoms with Gasteiger partial charge in [0.15, 0.2) is 0 Å². The third-order valence-corrected chi connectivity index (χ3v) is 4.27. The lowest BCUT2D eigenvalue weighted by Crippen LogP contribution is -2.42. The molecule has 0 atom stereocenters. The Hall–Kier alpha value is -4.66. The minimum Gasteiger partial charge on any atom is -0.457 e. The molecule has 0 saturated carbocycles. The fourth-order valence-electron chi connectivity index (χ4n) is 2.64. The monoisotopic (exact) mass is 445 g/mol. The summed E-state index contributed by atoms with van der Waals surface area (Å²) in [4.78, 5) is 39.8. The molecule has 4 N–H and O–H groups in total. The van der Waals surface area contributed by atoms with E-state index in [4.69, 9.17) is 4.74 Å². The summed E-state index contributed by atoms with van der Waals surface area (Å²) in [7, 11) is 0. The van der Waals surface area contributed by atoms with Gasteiger partial charge in [0.25, 0.3) is 11.8 Å². The Balaban J connectivity index is 1.56. The number of ether oxygens (including phenoxy) is 1. The highest BCUT2D eigenvalue weighted by molar-refractivity contribution is 6.00. The molecule has 168 valence electrons. The van der Waals surface area contributed by atoms with Crippen LogP contribution in [0.1, 0.15) is 23.0 Å². The predicted octanol–water partition coefficient (Wildman–Crippen LogP) is 4.16. The summed E-state index contributed by atoms with van der Waals surface area (Å²) in [6, 6.07) is 16.9. The van der Waals surface area contributed by atoms with E-state index in [0.717, 1.165) is 5.56 Å². The zero-order valence-corrected chi connectivity index (χ0v) is 18.1. The van der Waals surface area contributed by atoms with Crippen LogP contribution < -0.4 is 26.2 Å². The van der Waals surface area contributed by atoms with Crippen molar-refractivity contribution in [1.29, 1.82) is 0 Å². The topological polar surface area (TPSA) is 121 Å². The highest BCUT2D eigenvalue weighted by atomic mass is 16.5. The summed E-state index contributed by atoms with van der Waals surface area (Å²) in [6.45, 7) is 6.95. The van der Waals surface area contributed by atoms with E-state index in [2.05, 4.69) is 33.0 Å². The molecule has 33 heavy (non-hydrogen) atoms. The summed E-state index contributed by atoms with van der Waals surface area (Å²) < 4.78 is 5.75. The van der Waals surface area contributed by atoms with Crippen LogP contribution in [0.25, 0.3) is 0 Å². The summed E-state index contributed by atoms with van der Waals surface area (Å²) in [6.07, 6.45) is 1.41. The van der Waals surface area contributed by atoms with Crippen molar-refractivity contribution in [3.8, 4) is 11.5 Å². The van der Waals surface area contributed by atoms with Crippen LogP contribution in [0.4, 0.5) is 16.2 Å². The maximum atomic E-state index is 12.2. The number of rotatable bonds is 6. The molecule has 3 rings (SSSR count). The third-order valence-electron chi connectivity index (χ3n) is 4.27. The minimum atomic E-state index is -0.603.